The maximum atomic E-state index is 6.05. The van der Waals surface area contributed by atoms with Crippen LogP contribution in [0.2, 0.25) is 0 Å². The molecule has 0 aromatic carbocycles. The lowest BCUT2D eigenvalue weighted by Crippen LogP contribution is -2.22. The van der Waals surface area contributed by atoms with Crippen LogP contribution in [0.1, 0.15) is 25.0 Å². The van der Waals surface area contributed by atoms with E-state index in [1.165, 1.54) is 29.3 Å². The topological polar surface area (TPSA) is 43.8 Å². The summed E-state index contributed by atoms with van der Waals surface area (Å²) in [6, 6.07) is 2.23. The Morgan fingerprint density at radius 2 is 2.43 bits per heavy atom. The quantitative estimate of drug-likeness (QED) is 0.818. The highest BCUT2D eigenvalue weighted by Gasteiger charge is 2.37. The highest BCUT2D eigenvalue weighted by Crippen LogP contribution is 2.36. The van der Waals surface area contributed by atoms with Crippen LogP contribution in [-0.4, -0.2) is 21.1 Å². The molecule has 0 amide bonds. The molecule has 2 N–H and O–H groups in total. The molecule has 1 aliphatic carbocycles. The molecule has 1 saturated carbocycles. The summed E-state index contributed by atoms with van der Waals surface area (Å²) in [5.41, 5.74) is 7.44. The van der Waals surface area contributed by atoms with Gasteiger partial charge in [-0.25, -0.2) is 0 Å². The number of nitrogens with zero attached hydrogens (tertiary/aromatic N) is 2. The molecule has 2 heterocycles. The molecule has 4 heteroatoms. The van der Waals surface area contributed by atoms with Crippen molar-refractivity contribution in [1.29, 1.82) is 0 Å². The van der Waals surface area contributed by atoms with E-state index < -0.39 is 0 Å². The third-order valence-electron chi connectivity index (χ3n) is 3.12. The SMILES string of the molecule is NC1(CCc2cc3n(n2)CCS3)CC1. The summed E-state index contributed by atoms with van der Waals surface area (Å²) < 4.78 is 2.12. The minimum atomic E-state index is 0.168. The van der Waals surface area contributed by atoms with Gasteiger partial charge in [-0.15, -0.1) is 11.8 Å². The molecule has 0 unspecified atom stereocenters. The van der Waals surface area contributed by atoms with E-state index >= 15 is 0 Å². The zero-order valence-corrected chi connectivity index (χ0v) is 9.02. The van der Waals surface area contributed by atoms with Gasteiger partial charge in [0.05, 0.1) is 17.3 Å². The predicted octanol–water partition coefficient (Wildman–Crippen LogP) is 1.41. The van der Waals surface area contributed by atoms with Crippen LogP contribution in [0.15, 0.2) is 11.1 Å². The maximum absolute atomic E-state index is 6.05. The van der Waals surface area contributed by atoms with Crippen molar-refractivity contribution in [3.05, 3.63) is 11.8 Å². The molecule has 76 valence electrons. The Bertz CT molecular complexity index is 333. The van der Waals surface area contributed by atoms with Crippen molar-refractivity contribution in [1.82, 2.24) is 9.78 Å². The molecular formula is C10H15N3S. The van der Waals surface area contributed by atoms with Crippen molar-refractivity contribution >= 4 is 11.8 Å². The second-order valence-corrected chi connectivity index (χ2v) is 5.52. The van der Waals surface area contributed by atoms with E-state index in [4.69, 9.17) is 5.73 Å². The molecule has 1 aromatic heterocycles. The first-order valence-corrected chi connectivity index (χ1v) is 6.22. The second kappa shape index (κ2) is 3.00. The van der Waals surface area contributed by atoms with Gasteiger partial charge < -0.3 is 5.73 Å². The third-order valence-corrected chi connectivity index (χ3v) is 4.13. The summed E-state index contributed by atoms with van der Waals surface area (Å²) in [6.45, 7) is 1.08. The Morgan fingerprint density at radius 1 is 1.57 bits per heavy atom. The molecule has 1 aliphatic heterocycles. The highest BCUT2D eigenvalue weighted by molar-refractivity contribution is 7.99. The van der Waals surface area contributed by atoms with Crippen LogP contribution in [0.3, 0.4) is 0 Å². The number of hydrogen-bond donors (Lipinski definition) is 1. The van der Waals surface area contributed by atoms with Gasteiger partial charge in [0.1, 0.15) is 0 Å². The Morgan fingerprint density at radius 3 is 3.14 bits per heavy atom. The van der Waals surface area contributed by atoms with E-state index in [0.717, 1.165) is 19.4 Å². The summed E-state index contributed by atoms with van der Waals surface area (Å²) in [7, 11) is 0. The average molecular weight is 209 g/mol. The van der Waals surface area contributed by atoms with Gasteiger partial charge in [0.25, 0.3) is 0 Å². The number of aryl methyl sites for hydroxylation is 2. The molecule has 1 fully saturated rings. The van der Waals surface area contributed by atoms with Gasteiger partial charge in [-0.3, -0.25) is 4.68 Å². The lowest BCUT2D eigenvalue weighted by molar-refractivity contribution is 0.583. The molecule has 0 spiro atoms. The summed E-state index contributed by atoms with van der Waals surface area (Å²) in [5.74, 6) is 1.18. The second-order valence-electron chi connectivity index (χ2n) is 4.41. The lowest BCUT2D eigenvalue weighted by Gasteiger charge is -2.05. The molecule has 14 heavy (non-hydrogen) atoms. The van der Waals surface area contributed by atoms with Crippen LogP contribution in [0.25, 0.3) is 0 Å². The number of aromatic nitrogens is 2. The fourth-order valence-corrected chi connectivity index (χ4v) is 2.85. The normalized spacial score (nSPS) is 22.4. The van der Waals surface area contributed by atoms with Gasteiger partial charge in [-0.05, 0) is 31.7 Å². The molecule has 0 radical (unpaired) electrons. The maximum Gasteiger partial charge on any atom is 0.0943 e. The van der Waals surface area contributed by atoms with Crippen LogP contribution in [0.4, 0.5) is 0 Å². The zero-order chi connectivity index (χ0) is 9.60. The Balaban J connectivity index is 1.66. The molecule has 0 bridgehead atoms. The first kappa shape index (κ1) is 8.80. The molecule has 3 rings (SSSR count). The molecular weight excluding hydrogens is 194 g/mol. The van der Waals surface area contributed by atoms with Crippen molar-refractivity contribution in [3.8, 4) is 0 Å². The average Bonchev–Trinajstić information content (AvgIpc) is 2.61. The minimum Gasteiger partial charge on any atom is -0.325 e. The molecule has 0 saturated heterocycles. The van der Waals surface area contributed by atoms with Crippen molar-refractivity contribution in [3.63, 3.8) is 0 Å². The predicted molar refractivity (Wildman–Crippen MR) is 57.4 cm³/mol. The molecule has 0 atom stereocenters. The van der Waals surface area contributed by atoms with E-state index in [2.05, 4.69) is 15.8 Å². The highest BCUT2D eigenvalue weighted by atomic mass is 32.2. The van der Waals surface area contributed by atoms with Crippen LogP contribution in [0.5, 0.6) is 0 Å². The first-order chi connectivity index (χ1) is 6.75. The van der Waals surface area contributed by atoms with Gasteiger partial charge in [-0.2, -0.15) is 5.10 Å². The Hall–Kier alpha value is -0.480. The third kappa shape index (κ3) is 1.57. The summed E-state index contributed by atoms with van der Waals surface area (Å²) in [6.07, 6.45) is 4.57. The summed E-state index contributed by atoms with van der Waals surface area (Å²) in [5, 5.41) is 5.90. The van der Waals surface area contributed by atoms with Crippen LogP contribution in [0, 0.1) is 0 Å². The number of thioether (sulfide) groups is 1. The number of fused-ring (bicyclic) bond motifs is 1. The van der Waals surface area contributed by atoms with Crippen LogP contribution < -0.4 is 5.73 Å². The smallest absolute Gasteiger partial charge is 0.0943 e. The minimum absolute atomic E-state index is 0.168. The van der Waals surface area contributed by atoms with Crippen LogP contribution in [-0.2, 0) is 13.0 Å². The van der Waals surface area contributed by atoms with E-state index in [1.54, 1.807) is 0 Å². The number of hydrogen-bond acceptors (Lipinski definition) is 3. The first-order valence-electron chi connectivity index (χ1n) is 5.24. The van der Waals surface area contributed by atoms with Gasteiger partial charge in [0.2, 0.25) is 0 Å². The summed E-state index contributed by atoms with van der Waals surface area (Å²) in [4.78, 5) is 0. The van der Waals surface area contributed by atoms with Gasteiger partial charge in [0.15, 0.2) is 0 Å². The van der Waals surface area contributed by atoms with Crippen molar-refractivity contribution < 1.29 is 0 Å². The van der Waals surface area contributed by atoms with E-state index in [9.17, 15) is 0 Å². The lowest BCUT2D eigenvalue weighted by atomic mass is 10.1. The monoisotopic (exact) mass is 209 g/mol. The van der Waals surface area contributed by atoms with Gasteiger partial charge >= 0.3 is 0 Å². The zero-order valence-electron chi connectivity index (χ0n) is 8.20. The van der Waals surface area contributed by atoms with E-state index in [-0.39, 0.29) is 5.54 Å². The molecule has 1 aromatic rings. The van der Waals surface area contributed by atoms with E-state index in [1.807, 2.05) is 11.8 Å². The van der Waals surface area contributed by atoms with Crippen molar-refractivity contribution in [2.45, 2.75) is 42.8 Å². The number of nitrogens with two attached hydrogens (primary N) is 1. The van der Waals surface area contributed by atoms with E-state index in [0.29, 0.717) is 0 Å². The van der Waals surface area contributed by atoms with Crippen molar-refractivity contribution in [2.24, 2.45) is 5.73 Å². The fourth-order valence-electron chi connectivity index (χ4n) is 1.87. The molecule has 3 nitrogen and oxygen atoms in total. The largest absolute Gasteiger partial charge is 0.325 e. The van der Waals surface area contributed by atoms with Gasteiger partial charge in [-0.1, -0.05) is 0 Å². The van der Waals surface area contributed by atoms with Gasteiger partial charge in [0, 0.05) is 11.3 Å². The molecule has 2 aliphatic rings. The standard InChI is InChI=1S/C10H15N3S/c11-10(3-4-10)2-1-8-7-9-13(12-8)5-6-14-9/h7H,1-6,11H2. The Kier molecular flexibility index (Phi) is 1.89. The Labute approximate surface area is 88.0 Å². The van der Waals surface area contributed by atoms with Crippen molar-refractivity contribution in [2.75, 3.05) is 5.75 Å². The fraction of sp³-hybridized carbons (Fsp3) is 0.700. The summed E-state index contributed by atoms with van der Waals surface area (Å²) >= 11 is 1.91. The number of rotatable bonds is 3. The van der Waals surface area contributed by atoms with Crippen LogP contribution >= 0.6 is 11.8 Å².